The molecule has 18 heavy (non-hydrogen) atoms. The third kappa shape index (κ3) is 4.88. The van der Waals surface area contributed by atoms with Gasteiger partial charge in [-0.3, -0.25) is 4.79 Å². The first-order valence-electron chi connectivity index (χ1n) is 5.78. The Hall–Kier alpha value is -2.02. The predicted octanol–water partition coefficient (Wildman–Crippen LogP) is 2.63. The predicted molar refractivity (Wildman–Crippen MR) is 67.3 cm³/mol. The van der Waals surface area contributed by atoms with E-state index >= 15 is 0 Å². The smallest absolute Gasteiger partial charge is 0.307 e. The summed E-state index contributed by atoms with van der Waals surface area (Å²) in [5, 5.41) is 17.6. The summed E-state index contributed by atoms with van der Waals surface area (Å²) in [6, 6.07) is 9.22. The molecule has 1 aromatic rings. The van der Waals surface area contributed by atoms with E-state index in [1.165, 1.54) is 0 Å². The Bertz CT molecular complexity index is 460. The van der Waals surface area contributed by atoms with E-state index in [1.807, 2.05) is 13.8 Å². The number of nitrogens with zero attached hydrogens (tertiary/aromatic N) is 1. The van der Waals surface area contributed by atoms with Gasteiger partial charge in [-0.05, 0) is 38.0 Å². The van der Waals surface area contributed by atoms with Gasteiger partial charge in [0.1, 0.15) is 5.75 Å². The summed E-state index contributed by atoms with van der Waals surface area (Å²) in [6.07, 6.45) is 0.619. The first-order chi connectivity index (χ1) is 8.43. The lowest BCUT2D eigenvalue weighted by Crippen LogP contribution is -2.13. The highest BCUT2D eigenvalue weighted by molar-refractivity contribution is 5.70. The second kappa shape index (κ2) is 6.06. The number of benzene rings is 1. The van der Waals surface area contributed by atoms with Crippen LogP contribution in [0.15, 0.2) is 24.3 Å². The van der Waals surface area contributed by atoms with Crippen LogP contribution in [0.25, 0.3) is 0 Å². The molecule has 0 spiro atoms. The van der Waals surface area contributed by atoms with Gasteiger partial charge in [-0.25, -0.2) is 0 Å². The van der Waals surface area contributed by atoms with Crippen LogP contribution in [0.1, 0.15) is 25.8 Å². The molecule has 0 heterocycles. The first kappa shape index (κ1) is 14.0. The zero-order valence-corrected chi connectivity index (χ0v) is 10.6. The summed E-state index contributed by atoms with van der Waals surface area (Å²) in [7, 11) is 0. The lowest BCUT2D eigenvalue weighted by atomic mass is 9.92. The maximum Gasteiger partial charge on any atom is 0.307 e. The van der Waals surface area contributed by atoms with Gasteiger partial charge in [0.05, 0.1) is 24.5 Å². The molecule has 0 aliphatic heterocycles. The second-order valence-electron chi connectivity index (χ2n) is 4.81. The van der Waals surface area contributed by atoms with Crippen molar-refractivity contribution in [3.63, 3.8) is 0 Å². The zero-order valence-electron chi connectivity index (χ0n) is 10.6. The molecule has 0 amide bonds. The van der Waals surface area contributed by atoms with E-state index in [1.54, 1.807) is 24.3 Å². The highest BCUT2D eigenvalue weighted by Gasteiger charge is 2.16. The average Bonchev–Trinajstić information content (AvgIpc) is 2.28. The van der Waals surface area contributed by atoms with Gasteiger partial charge in [0.15, 0.2) is 0 Å². The normalized spacial score (nSPS) is 10.7. The minimum atomic E-state index is -0.863. The van der Waals surface area contributed by atoms with Crippen molar-refractivity contribution >= 4 is 5.97 Å². The van der Waals surface area contributed by atoms with Crippen molar-refractivity contribution in [3.05, 3.63) is 29.8 Å². The fourth-order valence-electron chi connectivity index (χ4n) is 1.40. The number of nitriles is 1. The van der Waals surface area contributed by atoms with E-state index in [0.717, 1.165) is 0 Å². The fraction of sp³-hybridized carbons (Fsp3) is 0.429. The van der Waals surface area contributed by atoms with Crippen molar-refractivity contribution in [2.45, 2.75) is 26.7 Å². The Morgan fingerprint density at radius 2 is 2.22 bits per heavy atom. The van der Waals surface area contributed by atoms with Crippen LogP contribution in [0, 0.1) is 16.7 Å². The topological polar surface area (TPSA) is 70.3 Å². The number of ether oxygens (including phenoxy) is 1. The van der Waals surface area contributed by atoms with E-state index < -0.39 is 11.4 Å². The Kier molecular flexibility index (Phi) is 4.73. The van der Waals surface area contributed by atoms with Crippen LogP contribution in [0.2, 0.25) is 0 Å². The molecule has 0 aliphatic rings. The van der Waals surface area contributed by atoms with Gasteiger partial charge < -0.3 is 9.84 Å². The van der Waals surface area contributed by atoms with Crippen molar-refractivity contribution in [2.75, 3.05) is 6.61 Å². The molecule has 0 fully saturated rings. The number of carbonyl (C=O) groups is 1. The van der Waals surface area contributed by atoms with Gasteiger partial charge in [-0.2, -0.15) is 5.26 Å². The summed E-state index contributed by atoms with van der Waals surface area (Å²) in [6.45, 7) is 4.16. The van der Waals surface area contributed by atoms with E-state index in [4.69, 9.17) is 15.1 Å². The van der Waals surface area contributed by atoms with Gasteiger partial charge in [-0.15, -0.1) is 0 Å². The number of aliphatic carboxylic acids is 1. The Morgan fingerprint density at radius 1 is 1.50 bits per heavy atom. The number of carboxylic acid groups (broad SMARTS) is 1. The van der Waals surface area contributed by atoms with Crippen molar-refractivity contribution in [1.82, 2.24) is 0 Å². The Morgan fingerprint density at radius 3 is 2.83 bits per heavy atom. The summed E-state index contributed by atoms with van der Waals surface area (Å²) < 4.78 is 5.52. The van der Waals surface area contributed by atoms with Crippen LogP contribution in [0.3, 0.4) is 0 Å². The van der Waals surface area contributed by atoms with Crippen LogP contribution in [0.4, 0.5) is 0 Å². The SMILES string of the molecule is CC(C)(C#N)CCOc1cccc(CC(=O)O)c1. The lowest BCUT2D eigenvalue weighted by molar-refractivity contribution is -0.136. The molecule has 1 rings (SSSR count). The fourth-order valence-corrected chi connectivity index (χ4v) is 1.40. The summed E-state index contributed by atoms with van der Waals surface area (Å²) >= 11 is 0. The molecule has 0 saturated heterocycles. The molecule has 0 aromatic heterocycles. The molecule has 4 heteroatoms. The standard InChI is InChI=1S/C14H17NO3/c1-14(2,10-15)6-7-18-12-5-3-4-11(8-12)9-13(16)17/h3-5,8H,6-7,9H2,1-2H3,(H,16,17). The molecule has 96 valence electrons. The van der Waals surface area contributed by atoms with E-state index in [2.05, 4.69) is 6.07 Å². The monoisotopic (exact) mass is 247 g/mol. The lowest BCUT2D eigenvalue weighted by Gasteiger charge is -2.15. The molecular formula is C14H17NO3. The van der Waals surface area contributed by atoms with Crippen molar-refractivity contribution in [3.8, 4) is 11.8 Å². The van der Waals surface area contributed by atoms with Gasteiger partial charge in [0, 0.05) is 0 Å². The Labute approximate surface area is 107 Å². The van der Waals surface area contributed by atoms with Crippen molar-refractivity contribution in [2.24, 2.45) is 5.41 Å². The Balaban J connectivity index is 2.53. The van der Waals surface area contributed by atoms with Crippen molar-refractivity contribution in [1.29, 1.82) is 5.26 Å². The van der Waals surface area contributed by atoms with Crippen LogP contribution >= 0.6 is 0 Å². The zero-order chi connectivity index (χ0) is 13.6. The molecule has 0 bridgehead atoms. The van der Waals surface area contributed by atoms with Crippen LogP contribution in [-0.4, -0.2) is 17.7 Å². The third-order valence-corrected chi connectivity index (χ3v) is 2.55. The van der Waals surface area contributed by atoms with Crippen LogP contribution in [0.5, 0.6) is 5.75 Å². The highest BCUT2D eigenvalue weighted by Crippen LogP contribution is 2.20. The summed E-state index contributed by atoms with van der Waals surface area (Å²) in [4.78, 5) is 10.6. The molecule has 1 N–H and O–H groups in total. The van der Waals surface area contributed by atoms with Gasteiger partial charge in [0.25, 0.3) is 0 Å². The van der Waals surface area contributed by atoms with E-state index in [9.17, 15) is 4.79 Å². The van der Waals surface area contributed by atoms with Gasteiger partial charge in [0.2, 0.25) is 0 Å². The van der Waals surface area contributed by atoms with E-state index in [-0.39, 0.29) is 6.42 Å². The molecule has 0 atom stereocenters. The largest absolute Gasteiger partial charge is 0.494 e. The van der Waals surface area contributed by atoms with Crippen LogP contribution < -0.4 is 4.74 Å². The number of hydrogen-bond acceptors (Lipinski definition) is 3. The van der Waals surface area contributed by atoms with E-state index in [0.29, 0.717) is 24.3 Å². The van der Waals surface area contributed by atoms with Gasteiger partial charge in [-0.1, -0.05) is 12.1 Å². The summed E-state index contributed by atoms with van der Waals surface area (Å²) in [5.74, 6) is -0.222. The quantitative estimate of drug-likeness (QED) is 0.838. The highest BCUT2D eigenvalue weighted by atomic mass is 16.5. The summed E-state index contributed by atoms with van der Waals surface area (Å²) in [5.41, 5.74) is 0.304. The number of rotatable bonds is 6. The third-order valence-electron chi connectivity index (χ3n) is 2.55. The maximum absolute atomic E-state index is 10.6. The molecule has 1 aromatic carbocycles. The molecule has 4 nitrogen and oxygen atoms in total. The molecule has 0 saturated carbocycles. The van der Waals surface area contributed by atoms with Crippen LogP contribution in [-0.2, 0) is 11.2 Å². The van der Waals surface area contributed by atoms with Crippen molar-refractivity contribution < 1.29 is 14.6 Å². The molecule has 0 unspecified atom stereocenters. The second-order valence-corrected chi connectivity index (χ2v) is 4.81. The number of carboxylic acids is 1. The molecule has 0 aliphatic carbocycles. The average molecular weight is 247 g/mol. The molecule has 0 radical (unpaired) electrons. The van der Waals surface area contributed by atoms with Gasteiger partial charge >= 0.3 is 5.97 Å². The number of hydrogen-bond donors (Lipinski definition) is 1. The minimum absolute atomic E-state index is 0.0130. The minimum Gasteiger partial charge on any atom is -0.494 e. The molecular weight excluding hydrogens is 230 g/mol. The first-order valence-corrected chi connectivity index (χ1v) is 5.78. The maximum atomic E-state index is 10.6.